The molecule has 0 spiro atoms. The summed E-state index contributed by atoms with van der Waals surface area (Å²) in [5.41, 5.74) is 9.95. The quantitative estimate of drug-likeness (QED) is 0.432. The molecule has 0 atom stereocenters. The number of nitrogens with zero attached hydrogens (tertiary/aromatic N) is 2. The number of aliphatic imine (C=N–C) groups is 1. The number of guanidine groups is 1. The number of hydrogen-bond acceptors (Lipinski definition) is 1. The van der Waals surface area contributed by atoms with Gasteiger partial charge in [0.05, 0.1) is 0 Å². The number of aromatic nitrogens is 1. The van der Waals surface area contributed by atoms with Crippen LogP contribution < -0.4 is 5.73 Å². The molecule has 3 N–H and O–H groups in total. The summed E-state index contributed by atoms with van der Waals surface area (Å²) >= 11 is 0. The van der Waals surface area contributed by atoms with Crippen molar-refractivity contribution in [3.8, 4) is 0 Å². The molecule has 1 aromatic carbocycles. The third kappa shape index (κ3) is 4.15. The Kier molecular flexibility index (Phi) is 7.72. The lowest BCUT2D eigenvalue weighted by Gasteiger charge is -2.19. The molecule has 0 aliphatic rings. The van der Waals surface area contributed by atoms with Crippen LogP contribution in [0.1, 0.15) is 31.9 Å². The van der Waals surface area contributed by atoms with E-state index in [1.165, 1.54) is 22.0 Å². The van der Waals surface area contributed by atoms with Gasteiger partial charge in [-0.05, 0) is 37.8 Å². The minimum absolute atomic E-state index is 0. The van der Waals surface area contributed by atoms with Gasteiger partial charge in [-0.25, -0.2) is 0 Å². The second-order valence-electron chi connectivity index (χ2n) is 5.17. The van der Waals surface area contributed by atoms with E-state index < -0.39 is 0 Å². The number of aromatic amines is 1. The molecule has 22 heavy (non-hydrogen) atoms. The van der Waals surface area contributed by atoms with Crippen LogP contribution in [0.5, 0.6) is 0 Å². The van der Waals surface area contributed by atoms with Gasteiger partial charge in [-0.15, -0.1) is 24.0 Å². The minimum Gasteiger partial charge on any atom is -0.370 e. The summed E-state index contributed by atoms with van der Waals surface area (Å²) in [6, 6.07) is 6.49. The largest absolute Gasteiger partial charge is 0.370 e. The highest BCUT2D eigenvalue weighted by Crippen LogP contribution is 2.22. The second kappa shape index (κ2) is 9.02. The molecule has 0 saturated carbocycles. The van der Waals surface area contributed by atoms with Crippen molar-refractivity contribution >= 4 is 40.8 Å². The van der Waals surface area contributed by atoms with Crippen molar-refractivity contribution in [2.75, 3.05) is 19.6 Å². The van der Waals surface area contributed by atoms with Crippen molar-refractivity contribution in [1.29, 1.82) is 0 Å². The van der Waals surface area contributed by atoms with Crippen LogP contribution in [0.4, 0.5) is 0 Å². The molecule has 0 aliphatic heterocycles. The molecule has 5 heteroatoms. The number of para-hydroxylation sites is 1. The first kappa shape index (κ1) is 18.8. The lowest BCUT2D eigenvalue weighted by molar-refractivity contribution is 0.458. The zero-order chi connectivity index (χ0) is 15.2. The first-order valence-electron chi connectivity index (χ1n) is 7.83. The topological polar surface area (TPSA) is 57.4 Å². The summed E-state index contributed by atoms with van der Waals surface area (Å²) in [4.78, 5) is 9.97. The molecule has 1 heterocycles. The van der Waals surface area contributed by atoms with Crippen LogP contribution in [0.25, 0.3) is 10.9 Å². The van der Waals surface area contributed by atoms with Gasteiger partial charge in [0.1, 0.15) is 0 Å². The number of nitrogens with one attached hydrogen (secondary N) is 1. The first-order chi connectivity index (χ1) is 10.2. The Hall–Kier alpha value is -1.24. The summed E-state index contributed by atoms with van der Waals surface area (Å²) < 4.78 is 0. The van der Waals surface area contributed by atoms with Crippen LogP contribution in [0.15, 0.2) is 29.4 Å². The average molecular weight is 414 g/mol. The van der Waals surface area contributed by atoms with Gasteiger partial charge in [-0.1, -0.05) is 25.1 Å². The number of H-pyrrole nitrogens is 1. The maximum atomic E-state index is 6.00. The standard InChI is InChI=1S/C17H26N4.HI/c1-4-13-8-7-9-15-14(12-20-16(13)15)10-11-19-17(18)21(5-2)6-3;/h7-9,12,20H,4-6,10-11H2,1-3H3,(H2,18,19);1H. The monoisotopic (exact) mass is 414 g/mol. The minimum atomic E-state index is 0. The molecule has 0 saturated heterocycles. The third-order valence-corrected chi connectivity index (χ3v) is 4.01. The normalized spacial score (nSPS) is 11.5. The van der Waals surface area contributed by atoms with Gasteiger partial charge in [-0.2, -0.15) is 0 Å². The van der Waals surface area contributed by atoms with Gasteiger partial charge < -0.3 is 15.6 Å². The molecular weight excluding hydrogens is 387 g/mol. The molecule has 2 aromatic rings. The van der Waals surface area contributed by atoms with E-state index in [2.05, 4.69) is 60.0 Å². The number of halogens is 1. The van der Waals surface area contributed by atoms with Crippen molar-refractivity contribution in [3.63, 3.8) is 0 Å². The Morgan fingerprint density at radius 3 is 2.55 bits per heavy atom. The highest BCUT2D eigenvalue weighted by Gasteiger charge is 2.06. The molecule has 0 fully saturated rings. The summed E-state index contributed by atoms with van der Waals surface area (Å²) in [7, 11) is 0. The Morgan fingerprint density at radius 2 is 1.91 bits per heavy atom. The smallest absolute Gasteiger partial charge is 0.191 e. The summed E-state index contributed by atoms with van der Waals surface area (Å²) in [5, 5.41) is 1.31. The van der Waals surface area contributed by atoms with Gasteiger partial charge >= 0.3 is 0 Å². The van der Waals surface area contributed by atoms with Crippen LogP contribution in [0.2, 0.25) is 0 Å². The Labute approximate surface area is 150 Å². The number of benzene rings is 1. The molecule has 0 unspecified atom stereocenters. The molecule has 1 aromatic heterocycles. The Morgan fingerprint density at radius 1 is 1.18 bits per heavy atom. The van der Waals surface area contributed by atoms with Crippen LogP contribution in [-0.2, 0) is 12.8 Å². The first-order valence-corrected chi connectivity index (χ1v) is 7.83. The number of aryl methyl sites for hydroxylation is 1. The van der Waals surface area contributed by atoms with Crippen LogP contribution in [0.3, 0.4) is 0 Å². The molecule has 4 nitrogen and oxygen atoms in total. The van der Waals surface area contributed by atoms with E-state index in [-0.39, 0.29) is 24.0 Å². The lowest BCUT2D eigenvalue weighted by Crippen LogP contribution is -2.37. The highest BCUT2D eigenvalue weighted by molar-refractivity contribution is 14.0. The molecule has 0 amide bonds. The predicted molar refractivity (Wildman–Crippen MR) is 106 cm³/mol. The zero-order valence-corrected chi connectivity index (χ0v) is 16.1. The summed E-state index contributed by atoms with van der Waals surface area (Å²) in [6.07, 6.45) is 4.06. The van der Waals surface area contributed by atoms with E-state index in [1.54, 1.807) is 0 Å². The van der Waals surface area contributed by atoms with Crippen molar-refractivity contribution in [2.45, 2.75) is 33.6 Å². The molecule has 0 aliphatic carbocycles. The van der Waals surface area contributed by atoms with Gasteiger partial charge in [-0.3, -0.25) is 4.99 Å². The van der Waals surface area contributed by atoms with Crippen molar-refractivity contribution in [2.24, 2.45) is 10.7 Å². The molecular formula is C17H27IN4. The number of fused-ring (bicyclic) bond motifs is 1. The summed E-state index contributed by atoms with van der Waals surface area (Å²) in [6.45, 7) is 8.91. The SMILES string of the molecule is CCc1cccc2c(CCN=C(N)N(CC)CC)c[nH]c12.I. The number of nitrogens with two attached hydrogens (primary N) is 1. The molecule has 0 radical (unpaired) electrons. The Balaban J connectivity index is 0.00000242. The molecule has 122 valence electrons. The Bertz CT molecular complexity index is 614. The summed E-state index contributed by atoms with van der Waals surface area (Å²) in [5.74, 6) is 0.647. The maximum Gasteiger partial charge on any atom is 0.191 e. The zero-order valence-electron chi connectivity index (χ0n) is 13.7. The van der Waals surface area contributed by atoms with E-state index >= 15 is 0 Å². The fourth-order valence-corrected chi connectivity index (χ4v) is 2.72. The predicted octanol–water partition coefficient (Wildman–Crippen LogP) is 3.55. The van der Waals surface area contributed by atoms with E-state index in [0.717, 1.165) is 32.5 Å². The van der Waals surface area contributed by atoms with Gasteiger partial charge in [0, 0.05) is 36.7 Å². The average Bonchev–Trinajstić information content (AvgIpc) is 2.92. The fourth-order valence-electron chi connectivity index (χ4n) is 2.72. The highest BCUT2D eigenvalue weighted by atomic mass is 127. The van der Waals surface area contributed by atoms with Crippen LogP contribution in [0, 0.1) is 0 Å². The second-order valence-corrected chi connectivity index (χ2v) is 5.17. The van der Waals surface area contributed by atoms with Gasteiger partial charge in [0.15, 0.2) is 5.96 Å². The number of rotatable bonds is 6. The van der Waals surface area contributed by atoms with Gasteiger partial charge in [0.25, 0.3) is 0 Å². The number of hydrogen-bond donors (Lipinski definition) is 2. The van der Waals surface area contributed by atoms with E-state index in [0.29, 0.717) is 5.96 Å². The van der Waals surface area contributed by atoms with Crippen LogP contribution in [-0.4, -0.2) is 35.5 Å². The lowest BCUT2D eigenvalue weighted by atomic mass is 10.1. The van der Waals surface area contributed by atoms with Crippen LogP contribution >= 0.6 is 24.0 Å². The molecule has 0 bridgehead atoms. The van der Waals surface area contributed by atoms with Crippen molar-refractivity contribution in [3.05, 3.63) is 35.5 Å². The molecule has 2 rings (SSSR count). The fraction of sp³-hybridized carbons (Fsp3) is 0.471. The van der Waals surface area contributed by atoms with Crippen molar-refractivity contribution in [1.82, 2.24) is 9.88 Å². The van der Waals surface area contributed by atoms with E-state index in [9.17, 15) is 0 Å². The van der Waals surface area contributed by atoms with E-state index in [4.69, 9.17) is 5.73 Å². The van der Waals surface area contributed by atoms with E-state index in [1.807, 2.05) is 0 Å². The van der Waals surface area contributed by atoms with Crippen molar-refractivity contribution < 1.29 is 0 Å². The third-order valence-electron chi connectivity index (χ3n) is 4.01. The maximum absolute atomic E-state index is 6.00. The van der Waals surface area contributed by atoms with Gasteiger partial charge in [0.2, 0.25) is 0 Å².